The Labute approximate surface area is 56.3 Å². The minimum atomic E-state index is -2.97. The summed E-state index contributed by atoms with van der Waals surface area (Å²) in [5.41, 5.74) is 0. The van der Waals surface area contributed by atoms with Crippen LogP contribution < -0.4 is 0 Å². The van der Waals surface area contributed by atoms with E-state index in [9.17, 15) is 4.57 Å². The molecule has 52 valence electrons. The molecule has 0 aliphatic heterocycles. The minimum absolute atomic E-state index is 0.0931. The fraction of sp³-hybridized carbons (Fsp3) is 1.00. The van der Waals surface area contributed by atoms with Crippen LogP contribution in [0.5, 0.6) is 0 Å². The summed E-state index contributed by atoms with van der Waals surface area (Å²) in [6.07, 6.45) is 0.296. The minimum Gasteiger partial charge on any atom is -0.372 e. The first-order valence-electron chi connectivity index (χ1n) is 2.63. The van der Waals surface area contributed by atoms with Crippen LogP contribution in [0.1, 0.15) is 0 Å². The van der Waals surface area contributed by atoms with Gasteiger partial charge in [-0.05, 0) is 0 Å². The highest BCUT2D eigenvalue weighted by Gasteiger charge is 2.07. The van der Waals surface area contributed by atoms with Crippen LogP contribution in [0, 0.1) is 0 Å². The molecule has 0 fully saturated rings. The quantitative estimate of drug-likeness (QED) is 0.357. The van der Waals surface area contributed by atoms with Gasteiger partial charge in [0, 0.05) is 13.3 Å². The molecular weight excluding hydrogens is 138 g/mol. The fourth-order valence-corrected chi connectivity index (χ4v) is 0.785. The Kier molecular flexibility index (Phi) is 4.20. The van der Waals surface area contributed by atoms with Crippen LogP contribution in [-0.4, -0.2) is 32.4 Å². The van der Waals surface area contributed by atoms with Crippen LogP contribution in [0.2, 0.25) is 6.32 Å². The van der Waals surface area contributed by atoms with Gasteiger partial charge in [0.25, 0.3) is 0 Å². The average molecular weight is 148 g/mol. The summed E-state index contributed by atoms with van der Waals surface area (Å²) in [4.78, 5) is 8.63. The monoisotopic (exact) mass is 148 g/mol. The van der Waals surface area contributed by atoms with Crippen molar-refractivity contribution >= 4 is 15.2 Å². The third-order valence-corrected chi connectivity index (χ3v) is 1.25. The zero-order valence-corrected chi connectivity index (χ0v) is 6.30. The van der Waals surface area contributed by atoms with Gasteiger partial charge in [0.2, 0.25) is 7.37 Å². The Morgan fingerprint density at radius 1 is 1.78 bits per heavy atom. The van der Waals surface area contributed by atoms with Crippen molar-refractivity contribution in [3.63, 3.8) is 0 Å². The fourth-order valence-electron chi connectivity index (χ4n) is 0.317. The first-order valence-corrected chi connectivity index (χ1v) is 4.92. The van der Waals surface area contributed by atoms with E-state index in [-0.39, 0.29) is 6.35 Å². The standard InChI is InChI=1S/C4H10BO3P/c1-9(6,7)4-8-3-2-5/h2-4H2,1H3,(H,6,7). The lowest BCUT2D eigenvalue weighted by atomic mass is 10.1. The average Bonchev–Trinajstić information content (AvgIpc) is 1.63. The number of rotatable bonds is 4. The summed E-state index contributed by atoms with van der Waals surface area (Å²) in [6.45, 7) is 1.60. The number of hydrogen-bond donors (Lipinski definition) is 1. The van der Waals surface area contributed by atoms with Crippen molar-refractivity contribution in [1.82, 2.24) is 0 Å². The van der Waals surface area contributed by atoms with Gasteiger partial charge >= 0.3 is 0 Å². The van der Waals surface area contributed by atoms with Crippen molar-refractivity contribution in [3.8, 4) is 0 Å². The van der Waals surface area contributed by atoms with E-state index < -0.39 is 7.37 Å². The van der Waals surface area contributed by atoms with E-state index in [0.29, 0.717) is 12.9 Å². The number of hydrogen-bond acceptors (Lipinski definition) is 2. The van der Waals surface area contributed by atoms with Gasteiger partial charge in [-0.1, -0.05) is 6.32 Å². The lowest BCUT2D eigenvalue weighted by molar-refractivity contribution is 0.184. The molecule has 0 aromatic carbocycles. The molecule has 0 aliphatic rings. The van der Waals surface area contributed by atoms with Crippen molar-refractivity contribution in [2.75, 3.05) is 19.6 Å². The van der Waals surface area contributed by atoms with Gasteiger partial charge in [0.15, 0.2) is 0 Å². The molecule has 0 bridgehead atoms. The highest BCUT2D eigenvalue weighted by Crippen LogP contribution is 2.34. The van der Waals surface area contributed by atoms with Crippen molar-refractivity contribution in [1.29, 1.82) is 0 Å². The third kappa shape index (κ3) is 8.21. The van der Waals surface area contributed by atoms with Gasteiger partial charge in [-0.25, -0.2) is 0 Å². The van der Waals surface area contributed by atoms with Crippen LogP contribution >= 0.6 is 7.37 Å². The van der Waals surface area contributed by atoms with Crippen molar-refractivity contribution < 1.29 is 14.2 Å². The van der Waals surface area contributed by atoms with Crippen LogP contribution in [0.25, 0.3) is 0 Å². The maximum atomic E-state index is 10.5. The third-order valence-electron chi connectivity index (χ3n) is 0.593. The van der Waals surface area contributed by atoms with Crippen LogP contribution in [0.15, 0.2) is 0 Å². The van der Waals surface area contributed by atoms with E-state index in [2.05, 4.69) is 0 Å². The summed E-state index contributed by atoms with van der Waals surface area (Å²) in [5, 5.41) is 0. The maximum Gasteiger partial charge on any atom is 0.222 e. The molecule has 1 unspecified atom stereocenters. The van der Waals surface area contributed by atoms with Gasteiger partial charge < -0.3 is 9.63 Å². The van der Waals surface area contributed by atoms with E-state index in [1.165, 1.54) is 6.66 Å². The summed E-state index contributed by atoms with van der Waals surface area (Å²) < 4.78 is 15.2. The molecule has 0 heterocycles. The van der Waals surface area contributed by atoms with Gasteiger partial charge in [-0.2, -0.15) is 0 Å². The zero-order valence-electron chi connectivity index (χ0n) is 5.41. The Balaban J connectivity index is 3.18. The first-order chi connectivity index (χ1) is 4.06. The second-order valence-electron chi connectivity index (χ2n) is 1.88. The Hall–Kier alpha value is 0.215. The topological polar surface area (TPSA) is 46.5 Å². The molecule has 0 saturated heterocycles. The molecule has 9 heavy (non-hydrogen) atoms. The zero-order chi connectivity index (χ0) is 7.33. The molecule has 1 N–H and O–H groups in total. The lowest BCUT2D eigenvalue weighted by Crippen LogP contribution is -1.95. The van der Waals surface area contributed by atoms with E-state index in [0.717, 1.165) is 0 Å². The second kappa shape index (κ2) is 4.10. The van der Waals surface area contributed by atoms with Crippen LogP contribution in [0.4, 0.5) is 0 Å². The predicted molar refractivity (Wildman–Crippen MR) is 37.1 cm³/mol. The SMILES string of the molecule is [B]CCOCP(C)(=O)O. The summed E-state index contributed by atoms with van der Waals surface area (Å²) >= 11 is 0. The normalized spacial score (nSPS) is 17.1. The Bertz CT molecular complexity index is 110. The molecule has 0 spiro atoms. The summed E-state index contributed by atoms with van der Waals surface area (Å²) in [5.74, 6) is 0. The molecule has 0 aliphatic carbocycles. The van der Waals surface area contributed by atoms with Crippen LogP contribution in [0.3, 0.4) is 0 Å². The second-order valence-corrected chi connectivity index (χ2v) is 4.24. The molecule has 0 aromatic heterocycles. The van der Waals surface area contributed by atoms with Gasteiger partial charge in [-0.15, -0.1) is 0 Å². The number of ether oxygens (including phenoxy) is 1. The first kappa shape index (κ1) is 9.21. The van der Waals surface area contributed by atoms with Gasteiger partial charge in [-0.3, -0.25) is 4.57 Å². The lowest BCUT2D eigenvalue weighted by Gasteiger charge is -2.04. The van der Waals surface area contributed by atoms with Gasteiger partial charge in [0.1, 0.15) is 6.35 Å². The molecule has 0 amide bonds. The highest BCUT2D eigenvalue weighted by molar-refractivity contribution is 7.56. The van der Waals surface area contributed by atoms with E-state index >= 15 is 0 Å². The van der Waals surface area contributed by atoms with Crippen LogP contribution in [-0.2, 0) is 9.30 Å². The molecule has 0 aromatic rings. The maximum absolute atomic E-state index is 10.5. The van der Waals surface area contributed by atoms with E-state index in [1.54, 1.807) is 0 Å². The largest absolute Gasteiger partial charge is 0.372 e. The van der Waals surface area contributed by atoms with E-state index in [4.69, 9.17) is 17.5 Å². The van der Waals surface area contributed by atoms with E-state index in [1.807, 2.05) is 0 Å². The Morgan fingerprint density at radius 2 is 2.33 bits per heavy atom. The smallest absolute Gasteiger partial charge is 0.222 e. The molecule has 5 heteroatoms. The van der Waals surface area contributed by atoms with Gasteiger partial charge in [0.05, 0.1) is 7.85 Å². The Morgan fingerprint density at radius 3 is 2.67 bits per heavy atom. The molecule has 0 saturated carbocycles. The highest BCUT2D eigenvalue weighted by atomic mass is 31.2. The molecule has 3 nitrogen and oxygen atoms in total. The molecule has 1 atom stereocenters. The van der Waals surface area contributed by atoms with Crippen molar-refractivity contribution in [3.05, 3.63) is 0 Å². The predicted octanol–water partition coefficient (Wildman–Crippen LogP) is 0.447. The molecule has 2 radical (unpaired) electrons. The molecular formula is C4H10BO3P. The molecule has 0 rings (SSSR count). The summed E-state index contributed by atoms with van der Waals surface area (Å²) in [6, 6.07) is 0. The van der Waals surface area contributed by atoms with Crippen molar-refractivity contribution in [2.45, 2.75) is 6.32 Å². The van der Waals surface area contributed by atoms with Crippen molar-refractivity contribution in [2.24, 2.45) is 0 Å². The summed E-state index contributed by atoms with van der Waals surface area (Å²) in [7, 11) is 2.09.